The SMILES string of the molecule is CC1CNCCC1(C#N)Nc1ccc(Br)cc1. The van der Waals surface area contributed by atoms with Crippen molar-refractivity contribution in [2.75, 3.05) is 18.4 Å². The van der Waals surface area contributed by atoms with E-state index in [0.29, 0.717) is 5.92 Å². The summed E-state index contributed by atoms with van der Waals surface area (Å²) in [6.07, 6.45) is 0.834. The summed E-state index contributed by atoms with van der Waals surface area (Å²) in [5, 5.41) is 16.2. The molecule has 0 aromatic heterocycles. The lowest BCUT2D eigenvalue weighted by atomic mass is 9.80. The van der Waals surface area contributed by atoms with Gasteiger partial charge in [0.15, 0.2) is 0 Å². The highest BCUT2D eigenvalue weighted by Crippen LogP contribution is 2.28. The summed E-state index contributed by atoms with van der Waals surface area (Å²) < 4.78 is 1.05. The Kier molecular flexibility index (Phi) is 3.70. The van der Waals surface area contributed by atoms with Crippen LogP contribution in [0.4, 0.5) is 5.69 Å². The number of nitriles is 1. The van der Waals surface area contributed by atoms with Gasteiger partial charge < -0.3 is 10.6 Å². The zero-order valence-corrected chi connectivity index (χ0v) is 11.4. The van der Waals surface area contributed by atoms with Crippen molar-refractivity contribution in [2.45, 2.75) is 18.9 Å². The summed E-state index contributed by atoms with van der Waals surface area (Å²) in [5.41, 5.74) is 0.558. The molecule has 2 rings (SSSR count). The van der Waals surface area contributed by atoms with Gasteiger partial charge in [-0.15, -0.1) is 0 Å². The third kappa shape index (κ3) is 2.62. The van der Waals surface area contributed by atoms with E-state index in [2.05, 4.69) is 39.6 Å². The van der Waals surface area contributed by atoms with E-state index in [4.69, 9.17) is 0 Å². The molecule has 0 saturated carbocycles. The van der Waals surface area contributed by atoms with Gasteiger partial charge in [0, 0.05) is 22.6 Å². The van der Waals surface area contributed by atoms with Crippen molar-refractivity contribution < 1.29 is 0 Å². The molecule has 0 bridgehead atoms. The van der Waals surface area contributed by atoms with Crippen molar-refractivity contribution in [1.82, 2.24) is 5.32 Å². The number of hydrogen-bond donors (Lipinski definition) is 2. The highest BCUT2D eigenvalue weighted by molar-refractivity contribution is 9.10. The maximum atomic E-state index is 9.48. The molecule has 2 atom stereocenters. The molecule has 0 aliphatic carbocycles. The lowest BCUT2D eigenvalue weighted by molar-refractivity contribution is 0.304. The molecular formula is C13H16BrN3. The van der Waals surface area contributed by atoms with Crippen LogP contribution < -0.4 is 10.6 Å². The Morgan fingerprint density at radius 3 is 2.76 bits per heavy atom. The molecule has 0 spiro atoms. The van der Waals surface area contributed by atoms with E-state index < -0.39 is 5.54 Å². The molecule has 0 amide bonds. The normalized spacial score (nSPS) is 28.4. The minimum absolute atomic E-state index is 0.296. The number of nitrogens with zero attached hydrogens (tertiary/aromatic N) is 1. The average Bonchev–Trinajstić information content (AvgIpc) is 2.35. The van der Waals surface area contributed by atoms with Crippen molar-refractivity contribution >= 4 is 21.6 Å². The van der Waals surface area contributed by atoms with Gasteiger partial charge in [0.25, 0.3) is 0 Å². The Balaban J connectivity index is 2.19. The van der Waals surface area contributed by atoms with Gasteiger partial charge >= 0.3 is 0 Å². The van der Waals surface area contributed by atoms with Gasteiger partial charge in [0.2, 0.25) is 0 Å². The molecule has 2 unspecified atom stereocenters. The third-order valence-electron chi connectivity index (χ3n) is 3.40. The van der Waals surface area contributed by atoms with Crippen LogP contribution in [0.2, 0.25) is 0 Å². The van der Waals surface area contributed by atoms with Gasteiger partial charge in [-0.3, -0.25) is 0 Å². The molecule has 1 aliphatic rings. The van der Waals surface area contributed by atoms with E-state index >= 15 is 0 Å². The minimum atomic E-state index is -0.445. The first kappa shape index (κ1) is 12.4. The first-order chi connectivity index (χ1) is 8.16. The van der Waals surface area contributed by atoms with Crippen molar-refractivity contribution in [2.24, 2.45) is 5.92 Å². The Hall–Kier alpha value is -1.05. The predicted octanol–water partition coefficient (Wildman–Crippen LogP) is 2.75. The van der Waals surface area contributed by atoms with Crippen molar-refractivity contribution in [1.29, 1.82) is 5.26 Å². The van der Waals surface area contributed by atoms with Crippen LogP contribution in [0.25, 0.3) is 0 Å². The molecular weight excluding hydrogens is 278 g/mol. The molecule has 4 heteroatoms. The maximum Gasteiger partial charge on any atom is 0.130 e. The molecule has 17 heavy (non-hydrogen) atoms. The number of piperidine rings is 1. The van der Waals surface area contributed by atoms with Crippen LogP contribution in [0.15, 0.2) is 28.7 Å². The van der Waals surface area contributed by atoms with E-state index in [-0.39, 0.29) is 0 Å². The fourth-order valence-electron chi connectivity index (χ4n) is 2.20. The van der Waals surface area contributed by atoms with Crippen LogP contribution in [0.3, 0.4) is 0 Å². The molecule has 90 valence electrons. The second-order valence-electron chi connectivity index (χ2n) is 4.57. The minimum Gasteiger partial charge on any atom is -0.367 e. The van der Waals surface area contributed by atoms with Gasteiger partial charge in [0.1, 0.15) is 5.54 Å². The van der Waals surface area contributed by atoms with Crippen LogP contribution in [-0.2, 0) is 0 Å². The largest absolute Gasteiger partial charge is 0.367 e. The van der Waals surface area contributed by atoms with Crippen molar-refractivity contribution in [3.63, 3.8) is 0 Å². The number of anilines is 1. The summed E-state index contributed by atoms with van der Waals surface area (Å²) >= 11 is 3.41. The smallest absolute Gasteiger partial charge is 0.130 e. The summed E-state index contributed by atoms with van der Waals surface area (Å²) in [6.45, 7) is 3.89. The second kappa shape index (κ2) is 5.07. The molecule has 1 fully saturated rings. The molecule has 2 N–H and O–H groups in total. The fraction of sp³-hybridized carbons (Fsp3) is 0.462. The summed E-state index contributed by atoms with van der Waals surface area (Å²) in [4.78, 5) is 0. The molecule has 3 nitrogen and oxygen atoms in total. The first-order valence-corrected chi connectivity index (χ1v) is 6.61. The Labute approximate surface area is 110 Å². The lowest BCUT2D eigenvalue weighted by Gasteiger charge is -2.38. The summed E-state index contributed by atoms with van der Waals surface area (Å²) in [7, 11) is 0. The van der Waals surface area contributed by atoms with Gasteiger partial charge in [-0.05, 0) is 37.2 Å². The van der Waals surface area contributed by atoms with Gasteiger partial charge in [-0.2, -0.15) is 5.26 Å². The van der Waals surface area contributed by atoms with E-state index in [1.165, 1.54) is 0 Å². The number of hydrogen-bond acceptors (Lipinski definition) is 3. The van der Waals surface area contributed by atoms with E-state index in [0.717, 1.165) is 29.7 Å². The van der Waals surface area contributed by atoms with Crippen molar-refractivity contribution in [3.8, 4) is 6.07 Å². The molecule has 1 aromatic carbocycles. The van der Waals surface area contributed by atoms with Crippen molar-refractivity contribution in [3.05, 3.63) is 28.7 Å². The summed E-state index contributed by atoms with van der Waals surface area (Å²) in [6, 6.07) is 10.4. The van der Waals surface area contributed by atoms with Gasteiger partial charge in [0.05, 0.1) is 6.07 Å². The molecule has 1 aromatic rings. The zero-order chi connectivity index (χ0) is 12.3. The van der Waals surface area contributed by atoms with Crippen LogP contribution >= 0.6 is 15.9 Å². The van der Waals surface area contributed by atoms with Gasteiger partial charge in [-0.1, -0.05) is 22.9 Å². The number of halogens is 1. The Morgan fingerprint density at radius 2 is 2.18 bits per heavy atom. The van der Waals surface area contributed by atoms with E-state index in [1.807, 2.05) is 24.3 Å². The fourth-order valence-corrected chi connectivity index (χ4v) is 2.46. The Bertz CT molecular complexity index is 423. The average molecular weight is 294 g/mol. The topological polar surface area (TPSA) is 47.9 Å². The number of nitrogens with one attached hydrogen (secondary N) is 2. The van der Waals surface area contributed by atoms with E-state index in [1.54, 1.807) is 0 Å². The van der Waals surface area contributed by atoms with Crippen LogP contribution in [0.5, 0.6) is 0 Å². The quantitative estimate of drug-likeness (QED) is 0.881. The highest BCUT2D eigenvalue weighted by atomic mass is 79.9. The van der Waals surface area contributed by atoms with Crippen LogP contribution in [0, 0.1) is 17.2 Å². The number of rotatable bonds is 2. The standard InChI is InChI=1S/C13H16BrN3/c1-10-8-16-7-6-13(10,9-15)17-12-4-2-11(14)3-5-12/h2-5,10,16-17H,6-8H2,1H3. The lowest BCUT2D eigenvalue weighted by Crippen LogP contribution is -2.53. The summed E-state index contributed by atoms with van der Waals surface area (Å²) in [5.74, 6) is 0.296. The van der Waals surface area contributed by atoms with Crippen LogP contribution in [-0.4, -0.2) is 18.6 Å². The monoisotopic (exact) mass is 293 g/mol. The third-order valence-corrected chi connectivity index (χ3v) is 3.93. The maximum absolute atomic E-state index is 9.48. The zero-order valence-electron chi connectivity index (χ0n) is 9.83. The van der Waals surface area contributed by atoms with Gasteiger partial charge in [-0.25, -0.2) is 0 Å². The molecule has 0 radical (unpaired) electrons. The first-order valence-electron chi connectivity index (χ1n) is 5.82. The molecule has 1 heterocycles. The van der Waals surface area contributed by atoms with E-state index in [9.17, 15) is 5.26 Å². The molecule has 1 saturated heterocycles. The highest BCUT2D eigenvalue weighted by Gasteiger charge is 2.38. The number of benzene rings is 1. The second-order valence-corrected chi connectivity index (χ2v) is 5.49. The predicted molar refractivity (Wildman–Crippen MR) is 72.8 cm³/mol. The molecule has 1 aliphatic heterocycles. The Morgan fingerprint density at radius 1 is 1.47 bits per heavy atom. The van der Waals surface area contributed by atoms with Crippen LogP contribution in [0.1, 0.15) is 13.3 Å².